The molecule has 0 saturated carbocycles. The molecule has 1 heterocycles. The fraction of sp³-hybridized carbons (Fsp3) is 0.120. The molecule has 1 aromatic heterocycles. The molecule has 11 heteroatoms. The molecule has 186 valence electrons. The van der Waals surface area contributed by atoms with Crippen molar-refractivity contribution in [1.29, 1.82) is 0 Å². The maximum atomic E-state index is 14.6. The van der Waals surface area contributed by atoms with Gasteiger partial charge in [0.1, 0.15) is 12.4 Å². The molecule has 0 aliphatic carbocycles. The van der Waals surface area contributed by atoms with Crippen LogP contribution in [-0.2, 0) is 19.8 Å². The summed E-state index contributed by atoms with van der Waals surface area (Å²) in [6.07, 6.45) is -4.78. The summed E-state index contributed by atoms with van der Waals surface area (Å²) in [5, 5.41) is -0.580. The van der Waals surface area contributed by atoms with Crippen LogP contribution in [0.5, 0.6) is 17.4 Å². The fourth-order valence-corrected chi connectivity index (χ4v) is 3.56. The third-order valence-corrected chi connectivity index (χ3v) is 5.42. The molecule has 4 rings (SSSR count). The summed E-state index contributed by atoms with van der Waals surface area (Å²) in [5.41, 5.74) is -0.502. The first-order valence-corrected chi connectivity index (χ1v) is 10.7. The molecule has 3 aromatic carbocycles. The van der Waals surface area contributed by atoms with Gasteiger partial charge < -0.3 is 9.47 Å². The number of hydrogen-bond donors (Lipinski definition) is 0. The average molecular weight is 523 g/mol. The van der Waals surface area contributed by atoms with Crippen LogP contribution in [0.4, 0.5) is 22.0 Å². The molecule has 0 saturated heterocycles. The first-order valence-electron chi connectivity index (χ1n) is 10.3. The fourth-order valence-electron chi connectivity index (χ4n) is 3.33. The first kappa shape index (κ1) is 25.2. The molecule has 0 spiro atoms. The van der Waals surface area contributed by atoms with Crippen molar-refractivity contribution in [3.8, 4) is 28.6 Å². The number of benzene rings is 3. The lowest BCUT2D eigenvalue weighted by molar-refractivity contribution is -0.137. The van der Waals surface area contributed by atoms with Crippen molar-refractivity contribution in [3.63, 3.8) is 0 Å². The molecule has 0 aliphatic rings. The van der Waals surface area contributed by atoms with E-state index in [1.54, 1.807) is 31.3 Å². The SMILES string of the molecule is Cn1c(-c2ccccc2)cc(OCc2cc(F)c(Oc3ccc(Cl)c(C(F)(F)F)c3)c(F)c2)nc1=O. The molecule has 0 atom stereocenters. The smallest absolute Gasteiger partial charge is 0.417 e. The predicted octanol–water partition coefficient (Wildman–Crippen LogP) is 6.77. The maximum absolute atomic E-state index is 14.6. The summed E-state index contributed by atoms with van der Waals surface area (Å²) >= 11 is 5.55. The summed E-state index contributed by atoms with van der Waals surface area (Å²) < 4.78 is 80.2. The number of aromatic nitrogens is 2. The molecule has 4 aromatic rings. The summed E-state index contributed by atoms with van der Waals surface area (Å²) in [5.74, 6) is -3.74. The number of hydrogen-bond acceptors (Lipinski definition) is 4. The van der Waals surface area contributed by atoms with Gasteiger partial charge in [-0.3, -0.25) is 4.57 Å². The Morgan fingerprint density at radius 1 is 0.972 bits per heavy atom. The number of ether oxygens (including phenoxy) is 2. The molecular weight excluding hydrogens is 507 g/mol. The Labute approximate surface area is 206 Å². The molecule has 0 amide bonds. The van der Waals surface area contributed by atoms with Crippen molar-refractivity contribution in [2.45, 2.75) is 12.8 Å². The summed E-state index contributed by atoms with van der Waals surface area (Å²) in [6, 6.07) is 14.8. The van der Waals surface area contributed by atoms with Crippen LogP contribution in [0.3, 0.4) is 0 Å². The van der Waals surface area contributed by atoms with E-state index in [1.165, 1.54) is 10.6 Å². The van der Waals surface area contributed by atoms with Gasteiger partial charge in [-0.2, -0.15) is 18.2 Å². The second-order valence-electron chi connectivity index (χ2n) is 7.61. The average Bonchev–Trinajstić information content (AvgIpc) is 2.83. The van der Waals surface area contributed by atoms with Crippen molar-refractivity contribution in [2.75, 3.05) is 0 Å². The molecule has 5 nitrogen and oxygen atoms in total. The Morgan fingerprint density at radius 3 is 2.28 bits per heavy atom. The maximum Gasteiger partial charge on any atom is 0.417 e. The van der Waals surface area contributed by atoms with E-state index in [0.29, 0.717) is 11.8 Å². The van der Waals surface area contributed by atoms with Crippen LogP contribution < -0.4 is 15.2 Å². The van der Waals surface area contributed by atoms with Crippen LogP contribution in [0.2, 0.25) is 5.02 Å². The minimum absolute atomic E-state index is 0.0353. The Hall–Kier alpha value is -3.92. The molecule has 0 fully saturated rings. The lowest BCUT2D eigenvalue weighted by atomic mass is 10.1. The third kappa shape index (κ3) is 5.49. The predicted molar refractivity (Wildman–Crippen MR) is 122 cm³/mol. The van der Waals surface area contributed by atoms with Crippen LogP contribution in [0.15, 0.2) is 71.5 Å². The Morgan fingerprint density at radius 2 is 1.64 bits per heavy atom. The van der Waals surface area contributed by atoms with Crippen molar-refractivity contribution < 1.29 is 31.4 Å². The first-order chi connectivity index (χ1) is 17.0. The second-order valence-corrected chi connectivity index (χ2v) is 8.01. The highest BCUT2D eigenvalue weighted by Gasteiger charge is 2.33. The molecule has 0 bridgehead atoms. The van der Waals surface area contributed by atoms with Crippen LogP contribution in [-0.4, -0.2) is 9.55 Å². The van der Waals surface area contributed by atoms with E-state index >= 15 is 0 Å². The topological polar surface area (TPSA) is 53.4 Å². The lowest BCUT2D eigenvalue weighted by Crippen LogP contribution is -2.22. The lowest BCUT2D eigenvalue weighted by Gasteiger charge is -2.14. The minimum Gasteiger partial charge on any atom is -0.473 e. The summed E-state index contributed by atoms with van der Waals surface area (Å²) in [7, 11) is 1.54. The van der Waals surface area contributed by atoms with Crippen LogP contribution in [0.1, 0.15) is 11.1 Å². The monoisotopic (exact) mass is 522 g/mol. The van der Waals surface area contributed by atoms with Gasteiger partial charge in [-0.05, 0) is 41.5 Å². The van der Waals surface area contributed by atoms with Gasteiger partial charge >= 0.3 is 11.9 Å². The van der Waals surface area contributed by atoms with Gasteiger partial charge in [-0.15, -0.1) is 0 Å². The van der Waals surface area contributed by atoms with E-state index in [2.05, 4.69) is 4.98 Å². The van der Waals surface area contributed by atoms with Crippen molar-refractivity contribution >= 4 is 11.6 Å². The summed E-state index contributed by atoms with van der Waals surface area (Å²) in [6.45, 7) is -0.346. The van der Waals surface area contributed by atoms with Gasteiger partial charge in [0, 0.05) is 13.1 Å². The number of alkyl halides is 3. The minimum atomic E-state index is -4.78. The third-order valence-electron chi connectivity index (χ3n) is 5.09. The molecule has 0 N–H and O–H groups in total. The van der Waals surface area contributed by atoms with Gasteiger partial charge in [-0.1, -0.05) is 41.9 Å². The van der Waals surface area contributed by atoms with Gasteiger partial charge in [0.25, 0.3) is 0 Å². The highest BCUT2D eigenvalue weighted by Crippen LogP contribution is 2.38. The van der Waals surface area contributed by atoms with Gasteiger partial charge in [0.05, 0.1) is 16.3 Å². The zero-order chi connectivity index (χ0) is 26.0. The Balaban J connectivity index is 1.54. The number of nitrogens with zero attached hydrogens (tertiary/aromatic N) is 2. The van der Waals surface area contributed by atoms with E-state index in [1.807, 2.05) is 6.07 Å². The number of rotatable bonds is 6. The zero-order valence-corrected chi connectivity index (χ0v) is 19.2. The normalized spacial score (nSPS) is 11.4. The standard InChI is InChI=1S/C25H16ClF5N2O3/c1-33-21(15-5-3-2-4-6-15)12-22(32-24(33)34)35-13-14-9-19(27)23(20(28)10-14)36-16-7-8-18(26)17(11-16)25(29,30)31/h2-12H,13H2,1H3. The van der Waals surface area contributed by atoms with Gasteiger partial charge in [0.2, 0.25) is 5.88 Å². The molecular formula is C25H16ClF5N2O3. The summed E-state index contributed by atoms with van der Waals surface area (Å²) in [4.78, 5) is 16.0. The highest BCUT2D eigenvalue weighted by molar-refractivity contribution is 6.31. The largest absolute Gasteiger partial charge is 0.473 e. The quantitative estimate of drug-likeness (QED) is 0.262. The number of halogens is 6. The zero-order valence-electron chi connectivity index (χ0n) is 18.4. The van der Waals surface area contributed by atoms with Crippen LogP contribution in [0, 0.1) is 11.6 Å². The van der Waals surface area contributed by atoms with E-state index in [0.717, 1.165) is 29.8 Å². The van der Waals surface area contributed by atoms with E-state index < -0.39 is 45.6 Å². The van der Waals surface area contributed by atoms with Crippen LogP contribution >= 0.6 is 11.6 Å². The van der Waals surface area contributed by atoms with Crippen molar-refractivity contribution in [3.05, 3.63) is 105 Å². The van der Waals surface area contributed by atoms with Crippen LogP contribution in [0.25, 0.3) is 11.3 Å². The van der Waals surface area contributed by atoms with E-state index in [-0.39, 0.29) is 18.1 Å². The molecule has 0 radical (unpaired) electrons. The van der Waals surface area contributed by atoms with Crippen molar-refractivity contribution in [2.24, 2.45) is 7.05 Å². The van der Waals surface area contributed by atoms with Crippen molar-refractivity contribution in [1.82, 2.24) is 9.55 Å². The second kappa shape index (κ2) is 9.98. The highest BCUT2D eigenvalue weighted by atomic mass is 35.5. The van der Waals surface area contributed by atoms with Gasteiger partial charge in [-0.25, -0.2) is 13.6 Å². The van der Waals surface area contributed by atoms with Gasteiger partial charge in [0.15, 0.2) is 17.4 Å². The van der Waals surface area contributed by atoms with E-state index in [9.17, 15) is 26.7 Å². The molecule has 0 aliphatic heterocycles. The molecule has 0 unspecified atom stereocenters. The Bertz CT molecular complexity index is 1450. The van der Waals surface area contributed by atoms with E-state index in [4.69, 9.17) is 21.1 Å². The molecule has 36 heavy (non-hydrogen) atoms. The Kier molecular flexibility index (Phi) is 6.98.